The van der Waals surface area contributed by atoms with Crippen LogP contribution in [0.1, 0.15) is 84.0 Å². The van der Waals surface area contributed by atoms with Gasteiger partial charge in [-0.1, -0.05) is 71.1 Å². The van der Waals surface area contributed by atoms with Crippen molar-refractivity contribution in [2.45, 2.75) is 84.0 Å². The van der Waals surface area contributed by atoms with Gasteiger partial charge in [-0.05, 0) is 6.42 Å². The van der Waals surface area contributed by atoms with Gasteiger partial charge in [-0.15, -0.1) is 0 Å². The van der Waals surface area contributed by atoms with Crippen LogP contribution in [0.4, 0.5) is 0 Å². The molecule has 0 bridgehead atoms. The van der Waals surface area contributed by atoms with Crippen molar-refractivity contribution in [1.82, 2.24) is 11.5 Å². The average Bonchev–Trinajstić information content (AvgIpc) is 2.48. The molecule has 0 spiro atoms. The number of nitrogens with one attached hydrogen (secondary N) is 1. The smallest absolute Gasteiger partial charge is 0.266 e. The molecule has 0 aliphatic heterocycles. The number of rotatable bonds is 17. The van der Waals surface area contributed by atoms with E-state index < -0.39 is 10.1 Å². The molecule has 0 aromatic rings. The van der Waals surface area contributed by atoms with Crippen molar-refractivity contribution in [3.8, 4) is 0 Å². The van der Waals surface area contributed by atoms with E-state index in [1.807, 2.05) is 0 Å². The Morgan fingerprint density at radius 2 is 1.33 bits per heavy atom. The lowest BCUT2D eigenvalue weighted by atomic mass is 10.0. The summed E-state index contributed by atoms with van der Waals surface area (Å²) in [6, 6.07) is 0. The zero-order chi connectivity index (χ0) is 17.4. The molecule has 0 aromatic heterocycles. The second kappa shape index (κ2) is 17.3. The molecule has 0 radical (unpaired) electrons. The van der Waals surface area contributed by atoms with Crippen molar-refractivity contribution in [3.63, 3.8) is 0 Å². The molecule has 146 valence electrons. The molecule has 0 aliphatic rings. The molecule has 0 saturated heterocycles. The Balaban J connectivity index is 0. The van der Waals surface area contributed by atoms with E-state index in [9.17, 15) is 13.2 Å². The molecular formula is C17H38N2O4S. The van der Waals surface area contributed by atoms with Gasteiger partial charge in [0.25, 0.3) is 10.1 Å². The van der Waals surface area contributed by atoms with Gasteiger partial charge in [-0.25, -0.2) is 0 Å². The first-order valence-electron chi connectivity index (χ1n) is 9.13. The van der Waals surface area contributed by atoms with Crippen molar-refractivity contribution >= 4 is 15.9 Å². The number of ketones is 1. The van der Waals surface area contributed by atoms with Gasteiger partial charge in [0, 0.05) is 13.0 Å². The highest BCUT2D eigenvalue weighted by atomic mass is 32.2. The van der Waals surface area contributed by atoms with Crippen LogP contribution >= 0.6 is 0 Å². The Hall–Kier alpha value is -0.500. The topological polar surface area (TPSA) is 118 Å². The quantitative estimate of drug-likeness (QED) is 0.265. The number of carbonyl (C=O) groups excluding carboxylic acids is 1. The van der Waals surface area contributed by atoms with Crippen LogP contribution in [-0.2, 0) is 14.9 Å². The fraction of sp³-hybridized carbons (Fsp3) is 0.941. The monoisotopic (exact) mass is 366 g/mol. The predicted octanol–water partition coefficient (Wildman–Crippen LogP) is 3.90. The van der Waals surface area contributed by atoms with Gasteiger partial charge < -0.3 is 11.5 Å². The summed E-state index contributed by atoms with van der Waals surface area (Å²) in [5.74, 6) is -0.241. The Labute approximate surface area is 148 Å². The summed E-state index contributed by atoms with van der Waals surface area (Å²) < 4.78 is 29.5. The maximum Gasteiger partial charge on any atom is 0.266 e. The molecule has 0 rings (SSSR count). The van der Waals surface area contributed by atoms with Gasteiger partial charge in [0.15, 0.2) is 0 Å². The van der Waals surface area contributed by atoms with E-state index in [4.69, 9.17) is 4.55 Å². The number of hydrogen-bond acceptors (Lipinski definition) is 5. The van der Waals surface area contributed by atoms with E-state index in [2.05, 4.69) is 12.2 Å². The third-order valence-electron chi connectivity index (χ3n) is 3.92. The van der Waals surface area contributed by atoms with Gasteiger partial charge in [-0.3, -0.25) is 9.35 Å². The number of hydrogen-bond donors (Lipinski definition) is 3. The highest BCUT2D eigenvalue weighted by molar-refractivity contribution is 7.85. The summed E-state index contributed by atoms with van der Waals surface area (Å²) >= 11 is 0. The highest BCUT2D eigenvalue weighted by Crippen LogP contribution is 2.11. The van der Waals surface area contributed by atoms with Crippen LogP contribution in [0.25, 0.3) is 0 Å². The summed E-state index contributed by atoms with van der Waals surface area (Å²) in [5.41, 5.74) is 0. The fourth-order valence-corrected chi connectivity index (χ4v) is 2.91. The van der Waals surface area contributed by atoms with Crippen LogP contribution in [0.3, 0.4) is 0 Å². The summed E-state index contributed by atoms with van der Waals surface area (Å²) in [6.45, 7) is 2.54. The van der Waals surface area contributed by atoms with Crippen LogP contribution in [-0.4, -0.2) is 37.6 Å². The summed E-state index contributed by atoms with van der Waals surface area (Å²) in [4.78, 5) is 11.6. The van der Waals surface area contributed by atoms with Crippen LogP contribution in [0.5, 0.6) is 0 Å². The molecule has 0 atom stereocenters. The largest absolute Gasteiger partial charge is 0.344 e. The summed E-state index contributed by atoms with van der Waals surface area (Å²) in [6.07, 6.45) is 14.4. The third-order valence-corrected chi connectivity index (χ3v) is 4.64. The van der Waals surface area contributed by atoms with Crippen LogP contribution < -0.4 is 11.5 Å². The summed E-state index contributed by atoms with van der Waals surface area (Å²) in [5, 5.41) is 2.74. The van der Waals surface area contributed by atoms with Gasteiger partial charge in [0.1, 0.15) is 5.78 Å². The van der Waals surface area contributed by atoms with Crippen molar-refractivity contribution in [2.24, 2.45) is 0 Å². The number of carbonyl (C=O) groups is 1. The molecule has 0 heterocycles. The van der Waals surface area contributed by atoms with E-state index >= 15 is 0 Å². The standard InChI is InChI=1S/C17H35NO4S.H3N/c1-2-3-4-5-6-7-8-9-10-11-12-13-17(19)16-18-14-15-23(20,21)22;/h18H,2-16H2,1H3,(H,20,21,22);1H3. The Morgan fingerprint density at radius 3 is 1.79 bits per heavy atom. The predicted molar refractivity (Wildman–Crippen MR) is 100 cm³/mol. The molecule has 0 aliphatic carbocycles. The zero-order valence-electron chi connectivity index (χ0n) is 15.4. The SMILES string of the molecule is CCCCCCCCCCCCCC(=O)CNCCS(=O)(=O)O.N. The van der Waals surface area contributed by atoms with E-state index in [1.54, 1.807) is 0 Å². The maximum absolute atomic E-state index is 11.6. The normalized spacial score (nSPS) is 11.2. The molecule has 7 heteroatoms. The molecule has 24 heavy (non-hydrogen) atoms. The van der Waals surface area contributed by atoms with Crippen LogP contribution in [0, 0.1) is 0 Å². The lowest BCUT2D eigenvalue weighted by molar-refractivity contribution is -0.118. The Kier molecular flexibility index (Phi) is 18.6. The molecule has 0 fully saturated rings. The van der Waals surface area contributed by atoms with Crippen molar-refractivity contribution in [3.05, 3.63) is 0 Å². The maximum atomic E-state index is 11.6. The molecule has 0 aromatic carbocycles. The van der Waals surface area contributed by atoms with E-state index in [1.165, 1.54) is 57.8 Å². The van der Waals surface area contributed by atoms with Gasteiger partial charge in [0.2, 0.25) is 0 Å². The van der Waals surface area contributed by atoms with Crippen LogP contribution in [0.15, 0.2) is 0 Å². The highest BCUT2D eigenvalue weighted by Gasteiger charge is 2.05. The minimum Gasteiger partial charge on any atom is -0.344 e. The molecular weight excluding hydrogens is 328 g/mol. The second-order valence-electron chi connectivity index (χ2n) is 6.29. The van der Waals surface area contributed by atoms with E-state index in [0.717, 1.165) is 12.8 Å². The molecule has 0 saturated carbocycles. The molecule has 0 unspecified atom stereocenters. The van der Waals surface area contributed by atoms with Gasteiger partial charge in [-0.2, -0.15) is 8.42 Å². The van der Waals surface area contributed by atoms with Crippen molar-refractivity contribution in [2.75, 3.05) is 18.8 Å². The van der Waals surface area contributed by atoms with E-state index in [-0.39, 0.29) is 30.8 Å². The van der Waals surface area contributed by atoms with Gasteiger partial charge >= 0.3 is 0 Å². The van der Waals surface area contributed by atoms with Crippen molar-refractivity contribution < 1.29 is 17.8 Å². The average molecular weight is 367 g/mol. The lowest BCUT2D eigenvalue weighted by Crippen LogP contribution is -2.28. The van der Waals surface area contributed by atoms with Crippen molar-refractivity contribution in [1.29, 1.82) is 0 Å². The minimum absolute atomic E-state index is 0. The third kappa shape index (κ3) is 21.5. The first-order valence-corrected chi connectivity index (χ1v) is 10.7. The van der Waals surface area contributed by atoms with Gasteiger partial charge in [0.05, 0.1) is 12.3 Å². The first-order chi connectivity index (χ1) is 11.0. The van der Waals surface area contributed by atoms with E-state index in [0.29, 0.717) is 6.42 Å². The molecule has 5 N–H and O–H groups in total. The number of Topliss-reactive ketones (excluding diaryl/α,β-unsaturated/α-hetero) is 1. The van der Waals surface area contributed by atoms with Crippen LogP contribution in [0.2, 0.25) is 0 Å². The molecule has 0 amide bonds. The Morgan fingerprint density at radius 1 is 0.875 bits per heavy atom. The fourth-order valence-electron chi connectivity index (χ4n) is 2.50. The summed E-state index contributed by atoms with van der Waals surface area (Å²) in [7, 11) is -3.93. The Bertz CT molecular complexity index is 386. The molecule has 6 nitrogen and oxygen atoms in total. The first kappa shape index (κ1) is 25.7. The second-order valence-corrected chi connectivity index (χ2v) is 7.86. The number of unbranched alkanes of at least 4 members (excludes halogenated alkanes) is 10. The minimum atomic E-state index is -3.93. The zero-order valence-corrected chi connectivity index (χ0v) is 16.2. The lowest BCUT2D eigenvalue weighted by Gasteiger charge is -2.04.